The van der Waals surface area contributed by atoms with Gasteiger partial charge in [0.1, 0.15) is 0 Å². The Morgan fingerprint density at radius 1 is 1.26 bits per heavy atom. The third-order valence-corrected chi connectivity index (χ3v) is 6.52. The minimum atomic E-state index is -4.51. The number of thiazole rings is 1. The van der Waals surface area contributed by atoms with Crippen LogP contribution in [-0.4, -0.2) is 55.7 Å². The van der Waals surface area contributed by atoms with Gasteiger partial charge < -0.3 is 15.0 Å². The molecule has 1 aromatic carbocycles. The Bertz CT molecular complexity index is 1030. The summed E-state index contributed by atoms with van der Waals surface area (Å²) in [7, 11) is 2.98. The van der Waals surface area contributed by atoms with Crippen molar-refractivity contribution in [2.45, 2.75) is 18.0 Å². The van der Waals surface area contributed by atoms with E-state index in [0.717, 1.165) is 23.5 Å². The van der Waals surface area contributed by atoms with Crippen molar-refractivity contribution in [3.63, 3.8) is 0 Å². The summed E-state index contributed by atoms with van der Waals surface area (Å²) in [6.07, 6.45) is -2.60. The zero-order valence-corrected chi connectivity index (χ0v) is 17.6. The number of likely N-dealkylation sites (tertiary alicyclic amines) is 1. The van der Waals surface area contributed by atoms with E-state index < -0.39 is 23.2 Å². The Balaban J connectivity index is 1.68. The van der Waals surface area contributed by atoms with Gasteiger partial charge in [-0.15, -0.1) is 0 Å². The van der Waals surface area contributed by atoms with Gasteiger partial charge in [-0.25, -0.2) is 14.6 Å². The standard InChI is InChI=1S/C19H20F3N5O3S/c1-23-16(28)26-6-5-18(9-26)10-27(17(29)25-15-24-8-14(30-2)31-15)13-4-3-11(7-12(13)18)19(20,21)22/h3-4,7-8H,5-6,9-10H2,1-2H3,(H,23,28)(H,24,25,29). The highest BCUT2D eigenvalue weighted by Crippen LogP contribution is 2.48. The lowest BCUT2D eigenvalue weighted by Gasteiger charge is -2.25. The lowest BCUT2D eigenvalue weighted by molar-refractivity contribution is -0.137. The number of nitrogens with zero attached hydrogens (tertiary/aromatic N) is 3. The molecule has 8 nitrogen and oxygen atoms in total. The first-order valence-electron chi connectivity index (χ1n) is 9.43. The molecule has 166 valence electrons. The number of ether oxygens (including phenoxy) is 1. The van der Waals surface area contributed by atoms with Crippen LogP contribution in [0.15, 0.2) is 24.4 Å². The quantitative estimate of drug-likeness (QED) is 0.726. The first-order valence-corrected chi connectivity index (χ1v) is 10.3. The molecule has 4 amide bonds. The van der Waals surface area contributed by atoms with E-state index in [0.29, 0.717) is 34.4 Å². The number of alkyl halides is 3. The lowest BCUT2D eigenvalue weighted by atomic mass is 9.81. The summed E-state index contributed by atoms with van der Waals surface area (Å²) in [4.78, 5) is 32.1. The molecule has 1 spiro atoms. The number of fused-ring (bicyclic) bond motifs is 2. The highest BCUT2D eigenvalue weighted by Gasteiger charge is 2.50. The second kappa shape index (κ2) is 7.59. The fourth-order valence-electron chi connectivity index (χ4n) is 4.15. The highest BCUT2D eigenvalue weighted by molar-refractivity contribution is 7.17. The van der Waals surface area contributed by atoms with Crippen molar-refractivity contribution in [1.82, 2.24) is 15.2 Å². The number of hydrogen-bond donors (Lipinski definition) is 2. The number of anilines is 2. The molecule has 3 heterocycles. The van der Waals surface area contributed by atoms with Crippen LogP contribution in [0.25, 0.3) is 0 Å². The summed E-state index contributed by atoms with van der Waals surface area (Å²) in [6.45, 7) is 0.760. The van der Waals surface area contributed by atoms with Crippen LogP contribution in [0.4, 0.5) is 33.6 Å². The zero-order chi connectivity index (χ0) is 22.4. The fraction of sp³-hybridized carbons (Fsp3) is 0.421. The highest BCUT2D eigenvalue weighted by atomic mass is 32.1. The van der Waals surface area contributed by atoms with Crippen LogP contribution >= 0.6 is 11.3 Å². The molecule has 1 unspecified atom stereocenters. The minimum Gasteiger partial charge on any atom is -0.486 e. The van der Waals surface area contributed by atoms with Gasteiger partial charge in [0.05, 0.1) is 18.9 Å². The maximum absolute atomic E-state index is 13.4. The second-order valence-corrected chi connectivity index (χ2v) is 8.43. The number of aromatic nitrogens is 1. The van der Waals surface area contributed by atoms with Crippen molar-refractivity contribution in [1.29, 1.82) is 0 Å². The van der Waals surface area contributed by atoms with E-state index in [9.17, 15) is 22.8 Å². The van der Waals surface area contributed by atoms with Gasteiger partial charge >= 0.3 is 18.2 Å². The van der Waals surface area contributed by atoms with E-state index in [2.05, 4.69) is 15.6 Å². The number of amides is 4. The predicted molar refractivity (Wildman–Crippen MR) is 109 cm³/mol. The number of halogens is 3. The monoisotopic (exact) mass is 455 g/mol. The van der Waals surface area contributed by atoms with Crippen LogP contribution < -0.4 is 20.3 Å². The SMILES string of the molecule is CNC(=O)N1CCC2(C1)CN(C(=O)Nc1ncc(OC)s1)c1ccc(C(F)(F)F)cc12. The summed E-state index contributed by atoms with van der Waals surface area (Å²) in [5.74, 6) is 0. The average Bonchev–Trinajstić information content (AvgIpc) is 3.45. The second-order valence-electron chi connectivity index (χ2n) is 7.44. The zero-order valence-electron chi connectivity index (χ0n) is 16.7. The lowest BCUT2D eigenvalue weighted by Crippen LogP contribution is -2.43. The number of methoxy groups -OCH3 is 1. The molecule has 0 aliphatic carbocycles. The third-order valence-electron chi connectivity index (χ3n) is 5.65. The number of urea groups is 2. The van der Waals surface area contributed by atoms with E-state index >= 15 is 0 Å². The summed E-state index contributed by atoms with van der Waals surface area (Å²) in [5, 5.41) is 6.05. The topological polar surface area (TPSA) is 86.8 Å². The maximum atomic E-state index is 13.4. The Kier molecular flexibility index (Phi) is 5.20. The number of hydrogen-bond acceptors (Lipinski definition) is 5. The Hall–Kier alpha value is -3.02. The molecule has 2 aliphatic rings. The molecule has 1 aromatic heterocycles. The molecular weight excluding hydrogens is 435 g/mol. The van der Waals surface area contributed by atoms with Crippen LogP contribution in [0.3, 0.4) is 0 Å². The number of benzene rings is 1. The number of carbonyl (C=O) groups excluding carboxylic acids is 2. The number of nitrogens with one attached hydrogen (secondary N) is 2. The number of carbonyl (C=O) groups is 2. The molecule has 2 aromatic rings. The van der Waals surface area contributed by atoms with E-state index in [4.69, 9.17) is 4.74 Å². The van der Waals surface area contributed by atoms with E-state index in [1.165, 1.54) is 31.3 Å². The van der Waals surface area contributed by atoms with Gasteiger partial charge in [0.25, 0.3) is 0 Å². The molecule has 0 radical (unpaired) electrons. The Morgan fingerprint density at radius 2 is 2.03 bits per heavy atom. The number of rotatable bonds is 2. The summed E-state index contributed by atoms with van der Waals surface area (Å²) < 4.78 is 45.2. The van der Waals surface area contributed by atoms with Crippen molar-refractivity contribution in [2.75, 3.05) is 44.0 Å². The van der Waals surface area contributed by atoms with Gasteiger partial charge in [0.15, 0.2) is 10.2 Å². The first kappa shape index (κ1) is 21.2. The van der Waals surface area contributed by atoms with Crippen molar-refractivity contribution in [3.8, 4) is 5.06 Å². The van der Waals surface area contributed by atoms with Crippen molar-refractivity contribution < 1.29 is 27.5 Å². The van der Waals surface area contributed by atoms with Crippen molar-refractivity contribution in [3.05, 3.63) is 35.5 Å². The van der Waals surface area contributed by atoms with Crippen LogP contribution in [0.2, 0.25) is 0 Å². The molecule has 31 heavy (non-hydrogen) atoms. The van der Waals surface area contributed by atoms with Gasteiger partial charge in [-0.3, -0.25) is 10.2 Å². The normalized spacial score (nSPS) is 20.2. The molecule has 1 saturated heterocycles. The van der Waals surface area contributed by atoms with Crippen LogP contribution in [0, 0.1) is 0 Å². The summed E-state index contributed by atoms with van der Waals surface area (Å²) in [6, 6.07) is 2.58. The Labute approximate surface area is 180 Å². The predicted octanol–water partition coefficient (Wildman–Crippen LogP) is 3.51. The van der Waals surface area contributed by atoms with Crippen LogP contribution in [0.5, 0.6) is 5.06 Å². The smallest absolute Gasteiger partial charge is 0.416 e. The van der Waals surface area contributed by atoms with Gasteiger partial charge in [0, 0.05) is 37.8 Å². The molecule has 1 atom stereocenters. The molecule has 2 N–H and O–H groups in total. The molecule has 1 fully saturated rings. The fourth-order valence-corrected chi connectivity index (χ4v) is 4.77. The first-order chi connectivity index (χ1) is 14.7. The largest absolute Gasteiger partial charge is 0.486 e. The summed E-state index contributed by atoms with van der Waals surface area (Å²) in [5.41, 5.74) is -0.745. The van der Waals surface area contributed by atoms with E-state index in [1.807, 2.05) is 0 Å². The van der Waals surface area contributed by atoms with Crippen LogP contribution in [-0.2, 0) is 11.6 Å². The molecule has 0 bridgehead atoms. The minimum absolute atomic E-state index is 0.158. The van der Waals surface area contributed by atoms with Crippen molar-refractivity contribution >= 4 is 34.2 Å². The molecule has 2 aliphatic heterocycles. The molecule has 4 rings (SSSR count). The molecule has 12 heteroatoms. The van der Waals surface area contributed by atoms with Gasteiger partial charge in [-0.2, -0.15) is 13.2 Å². The van der Waals surface area contributed by atoms with Gasteiger partial charge in [-0.05, 0) is 30.2 Å². The molecule has 0 saturated carbocycles. The summed E-state index contributed by atoms with van der Waals surface area (Å²) >= 11 is 1.14. The van der Waals surface area contributed by atoms with Gasteiger partial charge in [-0.1, -0.05) is 11.3 Å². The Morgan fingerprint density at radius 3 is 2.68 bits per heavy atom. The molecular formula is C19H20F3N5O3S. The average molecular weight is 455 g/mol. The van der Waals surface area contributed by atoms with Gasteiger partial charge in [0.2, 0.25) is 0 Å². The van der Waals surface area contributed by atoms with Crippen LogP contribution in [0.1, 0.15) is 17.5 Å². The van der Waals surface area contributed by atoms with E-state index in [1.54, 1.807) is 4.90 Å². The van der Waals surface area contributed by atoms with Crippen molar-refractivity contribution in [2.24, 2.45) is 0 Å². The maximum Gasteiger partial charge on any atom is 0.416 e. The van der Waals surface area contributed by atoms with E-state index in [-0.39, 0.29) is 19.1 Å². The third kappa shape index (κ3) is 3.75.